The van der Waals surface area contributed by atoms with E-state index in [1.54, 1.807) is 24.3 Å². The van der Waals surface area contributed by atoms with E-state index in [-0.39, 0.29) is 17.5 Å². The van der Waals surface area contributed by atoms with Gasteiger partial charge in [0.1, 0.15) is 0 Å². The number of nitrogens with one attached hydrogen (secondary N) is 1. The molecule has 0 radical (unpaired) electrons. The zero-order chi connectivity index (χ0) is 18.9. The van der Waals surface area contributed by atoms with E-state index >= 15 is 0 Å². The maximum Gasteiger partial charge on any atom is 0.264 e. The molecule has 0 aliphatic carbocycles. The van der Waals surface area contributed by atoms with Crippen LogP contribution in [-0.2, 0) is 20.8 Å². The van der Waals surface area contributed by atoms with Gasteiger partial charge in [-0.2, -0.15) is 0 Å². The van der Waals surface area contributed by atoms with Crippen LogP contribution in [0.15, 0.2) is 52.3 Å². The predicted octanol–water partition coefficient (Wildman–Crippen LogP) is 1.62. The number of hydrogen-bond acceptors (Lipinski definition) is 5. The number of hydrogen-bond donors (Lipinski definition) is 2. The van der Waals surface area contributed by atoms with E-state index in [4.69, 9.17) is 5.11 Å². The molecule has 2 aromatic carbocycles. The Morgan fingerprint density at radius 2 is 1.92 bits per heavy atom. The van der Waals surface area contributed by atoms with E-state index in [0.29, 0.717) is 29.1 Å². The second kappa shape index (κ2) is 7.48. The molecular weight excluding hydrogens is 372 g/mol. The quantitative estimate of drug-likeness (QED) is 0.753. The Bertz CT molecular complexity index is 944. The van der Waals surface area contributed by atoms with E-state index in [0.717, 1.165) is 5.56 Å². The van der Waals surface area contributed by atoms with Crippen LogP contribution in [0.3, 0.4) is 0 Å². The smallest absolute Gasteiger partial charge is 0.264 e. The lowest BCUT2D eigenvalue weighted by Crippen LogP contribution is -2.26. The van der Waals surface area contributed by atoms with E-state index in [2.05, 4.69) is 5.32 Å². The summed E-state index contributed by atoms with van der Waals surface area (Å²) in [4.78, 5) is 0.631. The first-order chi connectivity index (χ1) is 12.4. The van der Waals surface area contributed by atoms with Crippen LogP contribution in [0.25, 0.3) is 0 Å². The molecule has 2 unspecified atom stereocenters. The largest absolute Gasteiger partial charge is 0.396 e. The first kappa shape index (κ1) is 19.0. The number of nitrogens with zero attached hydrogens (tertiary/aromatic N) is 1. The molecule has 1 heterocycles. The summed E-state index contributed by atoms with van der Waals surface area (Å²) < 4.78 is 39.5. The minimum atomic E-state index is -3.78. The van der Waals surface area contributed by atoms with Crippen LogP contribution in [0.2, 0.25) is 0 Å². The number of para-hydroxylation sites is 1. The van der Waals surface area contributed by atoms with Gasteiger partial charge in [0.2, 0.25) is 0 Å². The standard InChI is InChI=1S/C18H22N2O4S2/c1-20-16-7-4-3-6-14(16)18(19-10-5-11-21)15-9-8-13(25(2)22)12-17(15)26(20,23)24/h3-4,6-9,12,18-19,21H,5,10-11H2,1-2H3. The molecular formula is C18H22N2O4S2. The summed E-state index contributed by atoms with van der Waals surface area (Å²) in [6.45, 7) is 0.598. The highest BCUT2D eigenvalue weighted by atomic mass is 32.2. The lowest BCUT2D eigenvalue weighted by atomic mass is 9.97. The van der Waals surface area contributed by atoms with E-state index in [9.17, 15) is 12.6 Å². The topological polar surface area (TPSA) is 86.7 Å². The molecule has 0 aromatic heterocycles. The molecule has 2 atom stereocenters. The van der Waals surface area contributed by atoms with Crippen LogP contribution in [0.1, 0.15) is 23.6 Å². The van der Waals surface area contributed by atoms with Gasteiger partial charge in [0.15, 0.2) is 0 Å². The average molecular weight is 395 g/mol. The number of anilines is 1. The van der Waals surface area contributed by atoms with Gasteiger partial charge in [0.05, 0.1) is 16.6 Å². The number of aliphatic hydroxyl groups is 1. The molecule has 140 valence electrons. The minimum absolute atomic E-state index is 0.0557. The molecule has 8 heteroatoms. The monoisotopic (exact) mass is 394 g/mol. The van der Waals surface area contributed by atoms with Gasteiger partial charge in [-0.05, 0) is 42.3 Å². The van der Waals surface area contributed by atoms with Crippen LogP contribution in [0.4, 0.5) is 5.69 Å². The van der Waals surface area contributed by atoms with Crippen LogP contribution in [-0.4, -0.2) is 44.2 Å². The lowest BCUT2D eigenvalue weighted by Gasteiger charge is -2.22. The van der Waals surface area contributed by atoms with Gasteiger partial charge >= 0.3 is 0 Å². The number of aliphatic hydroxyl groups excluding tert-OH is 1. The molecule has 0 amide bonds. The van der Waals surface area contributed by atoms with Gasteiger partial charge in [-0.3, -0.25) is 8.51 Å². The fourth-order valence-electron chi connectivity index (χ4n) is 3.16. The zero-order valence-electron chi connectivity index (χ0n) is 14.7. The molecule has 1 aliphatic heterocycles. The van der Waals surface area contributed by atoms with Crippen LogP contribution in [0.5, 0.6) is 0 Å². The Morgan fingerprint density at radius 3 is 2.62 bits per heavy atom. The highest BCUT2D eigenvalue weighted by Gasteiger charge is 2.35. The summed E-state index contributed by atoms with van der Waals surface area (Å²) in [6, 6.07) is 12.0. The Labute approximate surface area is 156 Å². The Balaban J connectivity index is 2.26. The molecule has 0 bridgehead atoms. The van der Waals surface area contributed by atoms with Crippen molar-refractivity contribution < 1.29 is 17.7 Å². The third kappa shape index (κ3) is 3.29. The first-order valence-corrected chi connectivity index (χ1v) is 11.3. The molecule has 2 N–H and O–H groups in total. The van der Waals surface area contributed by atoms with E-state index in [1.807, 2.05) is 12.1 Å². The third-order valence-corrected chi connectivity index (χ3v) is 7.28. The fraction of sp³-hybridized carbons (Fsp3) is 0.333. The molecule has 0 saturated heterocycles. The predicted molar refractivity (Wildman–Crippen MR) is 102 cm³/mol. The molecule has 0 saturated carbocycles. The maximum atomic E-state index is 13.2. The van der Waals surface area contributed by atoms with Crippen molar-refractivity contribution in [2.24, 2.45) is 0 Å². The molecule has 6 nitrogen and oxygen atoms in total. The molecule has 0 spiro atoms. The Hall–Kier alpha value is -1.74. The van der Waals surface area contributed by atoms with Crippen molar-refractivity contribution in [1.82, 2.24) is 5.32 Å². The molecule has 26 heavy (non-hydrogen) atoms. The number of rotatable bonds is 5. The summed E-state index contributed by atoms with van der Waals surface area (Å²) in [5, 5.41) is 12.4. The highest BCUT2D eigenvalue weighted by Crippen LogP contribution is 2.40. The second-order valence-electron chi connectivity index (χ2n) is 6.15. The molecule has 0 fully saturated rings. The second-order valence-corrected chi connectivity index (χ2v) is 9.47. The molecule has 2 aromatic rings. The summed E-state index contributed by atoms with van der Waals surface area (Å²) in [7, 11) is -3.53. The highest BCUT2D eigenvalue weighted by molar-refractivity contribution is 7.93. The average Bonchev–Trinajstić information content (AvgIpc) is 2.70. The zero-order valence-corrected chi connectivity index (χ0v) is 16.3. The van der Waals surface area contributed by atoms with Gasteiger partial charge in [-0.15, -0.1) is 0 Å². The van der Waals surface area contributed by atoms with Crippen molar-refractivity contribution in [2.45, 2.75) is 22.3 Å². The van der Waals surface area contributed by atoms with Crippen molar-refractivity contribution in [1.29, 1.82) is 0 Å². The van der Waals surface area contributed by atoms with Crippen molar-refractivity contribution in [3.8, 4) is 0 Å². The van der Waals surface area contributed by atoms with Gasteiger partial charge in [0, 0.05) is 35.6 Å². The Morgan fingerprint density at radius 1 is 1.19 bits per heavy atom. The minimum Gasteiger partial charge on any atom is -0.396 e. The van der Waals surface area contributed by atoms with Gasteiger partial charge in [-0.1, -0.05) is 24.3 Å². The van der Waals surface area contributed by atoms with Crippen LogP contribution >= 0.6 is 0 Å². The first-order valence-electron chi connectivity index (χ1n) is 8.27. The summed E-state index contributed by atoms with van der Waals surface area (Å²) in [5.41, 5.74) is 2.07. The maximum absolute atomic E-state index is 13.2. The molecule has 1 aliphatic rings. The third-order valence-electron chi connectivity index (χ3n) is 4.54. The van der Waals surface area contributed by atoms with Crippen LogP contribution in [0, 0.1) is 0 Å². The fourth-order valence-corrected chi connectivity index (χ4v) is 5.26. The van der Waals surface area contributed by atoms with Crippen molar-refractivity contribution in [2.75, 3.05) is 30.8 Å². The van der Waals surface area contributed by atoms with Crippen LogP contribution < -0.4 is 9.62 Å². The van der Waals surface area contributed by atoms with E-state index < -0.39 is 20.8 Å². The van der Waals surface area contributed by atoms with Gasteiger partial charge < -0.3 is 10.4 Å². The Kier molecular flexibility index (Phi) is 5.47. The van der Waals surface area contributed by atoms with Crippen molar-refractivity contribution in [3.63, 3.8) is 0 Å². The number of benzene rings is 2. The molecule has 3 rings (SSSR count). The summed E-state index contributed by atoms with van der Waals surface area (Å²) in [5.74, 6) is 0. The lowest BCUT2D eigenvalue weighted by molar-refractivity contribution is 0.284. The summed E-state index contributed by atoms with van der Waals surface area (Å²) in [6.07, 6.45) is 2.09. The van der Waals surface area contributed by atoms with Gasteiger partial charge in [-0.25, -0.2) is 8.42 Å². The number of fused-ring (bicyclic) bond motifs is 2. The SMILES string of the molecule is CN1c2ccccc2C(NCCCO)c2ccc(S(C)=O)cc2S1(=O)=O. The van der Waals surface area contributed by atoms with E-state index in [1.165, 1.54) is 23.7 Å². The normalized spacial score (nSPS) is 19.3. The van der Waals surface area contributed by atoms with Crippen molar-refractivity contribution >= 4 is 26.5 Å². The summed E-state index contributed by atoms with van der Waals surface area (Å²) >= 11 is 0. The van der Waals surface area contributed by atoms with Crippen molar-refractivity contribution in [3.05, 3.63) is 53.6 Å². The van der Waals surface area contributed by atoms with Gasteiger partial charge in [0.25, 0.3) is 10.0 Å². The number of sulfonamides is 1.